The van der Waals surface area contributed by atoms with Gasteiger partial charge in [-0.1, -0.05) is 60.7 Å². The fraction of sp³-hybridized carbons (Fsp3) is 0.130. The summed E-state index contributed by atoms with van der Waals surface area (Å²) in [6, 6.07) is 18.0. The summed E-state index contributed by atoms with van der Waals surface area (Å²) in [6.45, 7) is 0.110. The third-order valence-corrected chi connectivity index (χ3v) is 4.55. The van der Waals surface area contributed by atoms with Crippen molar-refractivity contribution in [3.8, 4) is 0 Å². The van der Waals surface area contributed by atoms with Gasteiger partial charge in [0, 0.05) is 12.3 Å². The van der Waals surface area contributed by atoms with Crippen LogP contribution in [-0.2, 0) is 27.4 Å². The molecule has 0 saturated heterocycles. The molecule has 0 aliphatic heterocycles. The average Bonchev–Trinajstić information content (AvgIpc) is 2.79. The van der Waals surface area contributed by atoms with Gasteiger partial charge in [-0.3, -0.25) is 18.7 Å². The fourth-order valence-corrected chi connectivity index (χ4v) is 2.99. The van der Waals surface area contributed by atoms with E-state index in [1.165, 1.54) is 10.8 Å². The Labute approximate surface area is 177 Å². The van der Waals surface area contributed by atoms with Crippen LogP contribution in [0.3, 0.4) is 0 Å². The average molecular weight is 420 g/mol. The monoisotopic (exact) mass is 420 g/mol. The summed E-state index contributed by atoms with van der Waals surface area (Å²) in [5, 5.41) is 10.4. The molecule has 0 saturated carbocycles. The molecule has 0 bridgehead atoms. The second-order valence-corrected chi connectivity index (χ2v) is 6.70. The Morgan fingerprint density at radius 1 is 0.935 bits per heavy atom. The number of ketones is 1. The molecule has 0 fully saturated rings. The van der Waals surface area contributed by atoms with E-state index in [2.05, 4.69) is 4.74 Å². The molecule has 0 amide bonds. The van der Waals surface area contributed by atoms with Crippen LogP contribution < -0.4 is 11.2 Å². The minimum atomic E-state index is -1.19. The topological polar surface area (TPSA) is 108 Å². The van der Waals surface area contributed by atoms with E-state index >= 15 is 0 Å². The number of benzene rings is 2. The van der Waals surface area contributed by atoms with E-state index in [0.29, 0.717) is 11.6 Å². The van der Waals surface area contributed by atoms with Crippen LogP contribution in [0.4, 0.5) is 0 Å². The molecular weight excluding hydrogens is 400 g/mol. The van der Waals surface area contributed by atoms with Crippen molar-refractivity contribution >= 4 is 17.5 Å². The van der Waals surface area contributed by atoms with Crippen molar-refractivity contribution in [3.05, 3.63) is 110 Å². The van der Waals surface area contributed by atoms with Crippen LogP contribution in [-0.4, -0.2) is 33.1 Å². The minimum absolute atomic E-state index is 0.0284. The van der Waals surface area contributed by atoms with Crippen LogP contribution in [0.5, 0.6) is 0 Å². The number of carbonyl (C=O) groups excluding carboxylic acids is 2. The highest BCUT2D eigenvalue weighted by Crippen LogP contribution is 2.08. The standard InChI is InChI=1S/C23H20N2O6/c1-31-22(29)20(27)12-19(26)18-15-24(13-16-8-4-2-5-9-16)23(30)25(21(18)28)14-17-10-6-3-7-11-17/h2-12,15,26H,13-14H2,1H3/b19-12-. The van der Waals surface area contributed by atoms with Gasteiger partial charge < -0.3 is 9.84 Å². The molecule has 8 heteroatoms. The van der Waals surface area contributed by atoms with E-state index in [1.54, 1.807) is 24.3 Å². The first-order valence-corrected chi connectivity index (χ1v) is 9.36. The molecule has 0 unspecified atom stereocenters. The number of nitrogens with zero attached hydrogens (tertiary/aromatic N) is 2. The van der Waals surface area contributed by atoms with E-state index in [9.17, 15) is 24.3 Å². The molecule has 0 aliphatic rings. The number of aliphatic hydroxyl groups excluding tert-OH is 1. The first kappa shape index (κ1) is 21.5. The summed E-state index contributed by atoms with van der Waals surface area (Å²) in [5.41, 5.74) is -0.143. The summed E-state index contributed by atoms with van der Waals surface area (Å²) in [5.74, 6) is -3.05. The van der Waals surface area contributed by atoms with Crippen LogP contribution in [0.1, 0.15) is 16.7 Å². The first-order valence-electron chi connectivity index (χ1n) is 9.36. The van der Waals surface area contributed by atoms with Crippen molar-refractivity contribution in [2.24, 2.45) is 0 Å². The molecule has 2 aromatic carbocycles. The van der Waals surface area contributed by atoms with Crippen LogP contribution in [0.15, 0.2) is 82.5 Å². The van der Waals surface area contributed by atoms with E-state index in [1.807, 2.05) is 36.4 Å². The van der Waals surface area contributed by atoms with E-state index in [-0.39, 0.29) is 18.7 Å². The number of hydrogen-bond donors (Lipinski definition) is 1. The lowest BCUT2D eigenvalue weighted by molar-refractivity contribution is -0.149. The lowest BCUT2D eigenvalue weighted by Gasteiger charge is -2.13. The van der Waals surface area contributed by atoms with Crippen LogP contribution in [0.2, 0.25) is 0 Å². The third kappa shape index (κ3) is 5.05. The SMILES string of the molecule is COC(=O)C(=O)/C=C(\O)c1cn(Cc2ccccc2)c(=O)n(Cc2ccccc2)c1=O. The maximum absolute atomic E-state index is 13.0. The number of methoxy groups -OCH3 is 1. The molecule has 1 N–H and O–H groups in total. The summed E-state index contributed by atoms with van der Waals surface area (Å²) < 4.78 is 6.56. The molecule has 3 rings (SSSR count). The molecule has 0 radical (unpaired) electrons. The van der Waals surface area contributed by atoms with Crippen molar-refractivity contribution in [1.82, 2.24) is 9.13 Å². The number of ether oxygens (including phenoxy) is 1. The van der Waals surface area contributed by atoms with E-state index < -0.39 is 28.8 Å². The van der Waals surface area contributed by atoms with Gasteiger partial charge in [0.2, 0.25) is 0 Å². The molecule has 8 nitrogen and oxygen atoms in total. The van der Waals surface area contributed by atoms with Gasteiger partial charge in [-0.05, 0) is 11.1 Å². The smallest absolute Gasteiger partial charge is 0.378 e. The fourth-order valence-electron chi connectivity index (χ4n) is 2.99. The Kier molecular flexibility index (Phi) is 6.61. The number of carbonyl (C=O) groups is 2. The molecule has 3 aromatic rings. The second-order valence-electron chi connectivity index (χ2n) is 6.70. The van der Waals surface area contributed by atoms with Gasteiger partial charge in [0.05, 0.1) is 25.8 Å². The molecule has 158 valence electrons. The van der Waals surface area contributed by atoms with E-state index in [4.69, 9.17) is 0 Å². The van der Waals surface area contributed by atoms with Crippen LogP contribution >= 0.6 is 0 Å². The molecule has 0 aliphatic carbocycles. The molecule has 0 atom stereocenters. The van der Waals surface area contributed by atoms with Gasteiger partial charge in [0.1, 0.15) is 5.76 Å². The van der Waals surface area contributed by atoms with Crippen LogP contribution in [0, 0.1) is 0 Å². The number of aliphatic hydroxyl groups is 1. The number of aromatic nitrogens is 2. The lowest BCUT2D eigenvalue weighted by atomic mass is 10.2. The maximum Gasteiger partial charge on any atom is 0.378 e. The maximum atomic E-state index is 13.0. The Morgan fingerprint density at radius 2 is 1.48 bits per heavy atom. The van der Waals surface area contributed by atoms with Gasteiger partial charge in [0.25, 0.3) is 11.3 Å². The third-order valence-electron chi connectivity index (χ3n) is 4.55. The summed E-state index contributed by atoms with van der Waals surface area (Å²) >= 11 is 0. The molecule has 31 heavy (non-hydrogen) atoms. The summed E-state index contributed by atoms with van der Waals surface area (Å²) in [4.78, 5) is 49.2. The number of rotatable bonds is 7. The highest BCUT2D eigenvalue weighted by atomic mass is 16.5. The molecule has 1 heterocycles. The van der Waals surface area contributed by atoms with Crippen molar-refractivity contribution in [1.29, 1.82) is 0 Å². The zero-order chi connectivity index (χ0) is 22.4. The summed E-state index contributed by atoms with van der Waals surface area (Å²) in [7, 11) is 1.03. The predicted octanol–water partition coefficient (Wildman–Crippen LogP) is 1.75. The van der Waals surface area contributed by atoms with Gasteiger partial charge in [0.15, 0.2) is 0 Å². The van der Waals surface area contributed by atoms with Gasteiger partial charge in [-0.2, -0.15) is 0 Å². The normalized spacial score (nSPS) is 11.2. The quantitative estimate of drug-likeness (QED) is 0.270. The van der Waals surface area contributed by atoms with Gasteiger partial charge in [-0.25, -0.2) is 9.59 Å². The first-order chi connectivity index (χ1) is 14.9. The zero-order valence-electron chi connectivity index (χ0n) is 16.7. The molecular formula is C23H20N2O6. The van der Waals surface area contributed by atoms with Crippen molar-refractivity contribution < 1.29 is 19.4 Å². The van der Waals surface area contributed by atoms with Crippen LogP contribution in [0.25, 0.3) is 5.76 Å². The molecule has 0 spiro atoms. The van der Waals surface area contributed by atoms with Crippen molar-refractivity contribution in [2.75, 3.05) is 7.11 Å². The second kappa shape index (κ2) is 9.53. The van der Waals surface area contributed by atoms with Crippen molar-refractivity contribution in [3.63, 3.8) is 0 Å². The molecule has 1 aromatic heterocycles. The minimum Gasteiger partial charge on any atom is -0.507 e. The zero-order valence-corrected chi connectivity index (χ0v) is 16.7. The Morgan fingerprint density at radius 3 is 2.03 bits per heavy atom. The Bertz CT molecular complexity index is 1240. The predicted molar refractivity (Wildman–Crippen MR) is 114 cm³/mol. The van der Waals surface area contributed by atoms with Gasteiger partial charge >= 0.3 is 11.7 Å². The highest BCUT2D eigenvalue weighted by Gasteiger charge is 2.18. The van der Waals surface area contributed by atoms with Gasteiger partial charge in [-0.15, -0.1) is 0 Å². The van der Waals surface area contributed by atoms with Crippen molar-refractivity contribution in [2.45, 2.75) is 13.1 Å². The Balaban J connectivity index is 2.14. The summed E-state index contributed by atoms with van der Waals surface area (Å²) in [6.07, 6.45) is 1.78. The number of esters is 1. The largest absolute Gasteiger partial charge is 0.507 e. The van der Waals surface area contributed by atoms with E-state index in [0.717, 1.165) is 17.2 Å². The highest BCUT2D eigenvalue weighted by molar-refractivity contribution is 6.39. The lowest BCUT2D eigenvalue weighted by Crippen LogP contribution is -2.41. The number of hydrogen-bond acceptors (Lipinski definition) is 6. The Hall–Kier alpha value is -4.20.